The van der Waals surface area contributed by atoms with Crippen LogP contribution in [0.25, 0.3) is 0 Å². The van der Waals surface area contributed by atoms with E-state index in [0.29, 0.717) is 0 Å². The van der Waals surface area contributed by atoms with Gasteiger partial charge in [0.15, 0.2) is 0 Å². The van der Waals surface area contributed by atoms with Gasteiger partial charge in [0, 0.05) is 19.5 Å². The average Bonchev–Trinajstić information content (AvgIpc) is 3.29. The van der Waals surface area contributed by atoms with Crippen LogP contribution in [0, 0.1) is 0 Å². The van der Waals surface area contributed by atoms with Crippen molar-refractivity contribution in [1.29, 1.82) is 0 Å². The van der Waals surface area contributed by atoms with Gasteiger partial charge < -0.3 is 30.3 Å². The average molecular weight is 464 g/mol. The minimum absolute atomic E-state index is 0. The summed E-state index contributed by atoms with van der Waals surface area (Å²) in [4.78, 5) is 0. The normalized spacial score (nSPS) is 10.5. The maximum absolute atomic E-state index is 2.45. The minimum Gasteiger partial charge on any atom is -0.748 e. The van der Waals surface area contributed by atoms with E-state index in [0.717, 1.165) is 0 Å². The molecule has 0 aliphatic heterocycles. The Kier molecular flexibility index (Phi) is 16.5. The van der Waals surface area contributed by atoms with Gasteiger partial charge in [-0.2, -0.15) is 6.07 Å². The van der Waals surface area contributed by atoms with Crippen LogP contribution < -0.4 is 10.6 Å². The summed E-state index contributed by atoms with van der Waals surface area (Å²) >= 11 is 0. The summed E-state index contributed by atoms with van der Waals surface area (Å²) in [6, 6.07) is 17.2. The van der Waals surface area contributed by atoms with Crippen LogP contribution in [0.15, 0.2) is 48.5 Å². The Labute approximate surface area is 172 Å². The fourth-order valence-corrected chi connectivity index (χ4v) is 8.85. The first-order chi connectivity index (χ1) is 11.8. The van der Waals surface area contributed by atoms with Crippen molar-refractivity contribution in [1.82, 2.24) is 0 Å². The first-order valence-electron chi connectivity index (χ1n) is 9.70. The van der Waals surface area contributed by atoms with Gasteiger partial charge >= 0.3 is 0 Å². The van der Waals surface area contributed by atoms with Crippen molar-refractivity contribution < 1.29 is 19.5 Å². The quantitative estimate of drug-likeness (QED) is 0.210. The molecule has 0 saturated heterocycles. The third-order valence-corrected chi connectivity index (χ3v) is 10.2. The van der Waals surface area contributed by atoms with Crippen molar-refractivity contribution >= 4 is 26.5 Å². The molecule has 0 nitrogen and oxygen atoms in total. The molecular formula is C22H36P2Ru-6. The number of rotatable bonds is 10. The molecule has 25 heavy (non-hydrogen) atoms. The smallest absolute Gasteiger partial charge is 0 e. The van der Waals surface area contributed by atoms with Gasteiger partial charge in [-0.1, -0.05) is 53.4 Å². The summed E-state index contributed by atoms with van der Waals surface area (Å²) in [7, 11) is 0.245. The molecule has 0 saturated carbocycles. The Balaban J connectivity index is 0.000000820. The molecule has 0 spiro atoms. The molecule has 0 radical (unpaired) electrons. The Bertz CT molecular complexity index is 430. The van der Waals surface area contributed by atoms with E-state index in [-0.39, 0.29) is 35.3 Å². The molecule has 0 heterocycles. The maximum Gasteiger partial charge on any atom is 0 e. The maximum atomic E-state index is 2.45. The van der Waals surface area contributed by atoms with Crippen LogP contribution in [-0.2, 0) is 19.5 Å². The molecule has 2 aromatic carbocycles. The van der Waals surface area contributed by atoms with E-state index in [4.69, 9.17) is 0 Å². The second-order valence-corrected chi connectivity index (χ2v) is 11.1. The molecule has 0 amide bonds. The summed E-state index contributed by atoms with van der Waals surface area (Å²) in [6.07, 6.45) is 11.1. The third kappa shape index (κ3) is 9.61. The van der Waals surface area contributed by atoms with Crippen LogP contribution >= 0.6 is 15.8 Å². The zero-order chi connectivity index (χ0) is 17.6. The SMILES string of the molecule is CCCP(CCC)c1ccc[c-]1P(CCC)CCC.[Ru].[cH-]1[cH-][cH-][cH-][cH-]1. The molecule has 0 aromatic heterocycles. The van der Waals surface area contributed by atoms with Crippen LogP contribution in [0.3, 0.4) is 0 Å². The standard InChI is InChI=1S/C17H31P2.C5H5.Ru/c1-5-12-18(13-6-2)16-10-9-11-17(16)19(14-7-3)15-8-4;1-2-4-5-3-1;/h9-11H,5-8,12-15H2,1-4H3;1-5H;/q-1;-5;. The molecule has 0 aliphatic rings. The molecule has 148 valence electrons. The molecular weight excluding hydrogens is 427 g/mol. The summed E-state index contributed by atoms with van der Waals surface area (Å²) in [5.41, 5.74) is 0. The van der Waals surface area contributed by atoms with Crippen LogP contribution in [0.1, 0.15) is 53.4 Å². The molecule has 2 aromatic rings. The fourth-order valence-electron chi connectivity index (χ4n) is 3.04. The molecule has 0 N–H and O–H groups in total. The van der Waals surface area contributed by atoms with Gasteiger partial charge in [0.2, 0.25) is 0 Å². The van der Waals surface area contributed by atoms with E-state index in [1.807, 2.05) is 30.3 Å². The molecule has 0 bridgehead atoms. The zero-order valence-electron chi connectivity index (χ0n) is 16.5. The second kappa shape index (κ2) is 16.4. The summed E-state index contributed by atoms with van der Waals surface area (Å²) in [5, 5.41) is 3.54. The molecule has 2 rings (SSSR count). The number of hydrogen-bond donors (Lipinski definition) is 0. The Morgan fingerprint density at radius 3 is 1.60 bits per heavy atom. The number of hydrogen-bond acceptors (Lipinski definition) is 0. The zero-order valence-corrected chi connectivity index (χ0v) is 20.1. The van der Waals surface area contributed by atoms with E-state index < -0.39 is 0 Å². The van der Waals surface area contributed by atoms with E-state index in [1.165, 1.54) is 50.3 Å². The van der Waals surface area contributed by atoms with Crippen molar-refractivity contribution in [2.75, 3.05) is 24.6 Å². The first-order valence-corrected chi connectivity index (χ1v) is 13.1. The molecule has 0 aliphatic carbocycles. The third-order valence-electron chi connectivity index (χ3n) is 3.98. The largest absolute Gasteiger partial charge is 0.748 e. The summed E-state index contributed by atoms with van der Waals surface area (Å²) < 4.78 is 0. The minimum atomic E-state index is 0. The van der Waals surface area contributed by atoms with E-state index >= 15 is 0 Å². The Hall–Kier alpha value is 0.183. The first kappa shape index (κ1) is 25.2. The van der Waals surface area contributed by atoms with E-state index in [1.54, 1.807) is 10.6 Å². The molecule has 0 atom stereocenters. The summed E-state index contributed by atoms with van der Waals surface area (Å²) in [6.45, 7) is 9.37. The van der Waals surface area contributed by atoms with Gasteiger partial charge in [-0.05, 0) is 24.6 Å². The van der Waals surface area contributed by atoms with Gasteiger partial charge in [-0.3, -0.25) is 0 Å². The van der Waals surface area contributed by atoms with Gasteiger partial charge in [0.05, 0.1) is 0 Å². The van der Waals surface area contributed by atoms with Gasteiger partial charge in [0.25, 0.3) is 0 Å². The second-order valence-electron chi connectivity index (χ2n) is 6.23. The van der Waals surface area contributed by atoms with Crippen molar-refractivity contribution in [2.45, 2.75) is 53.4 Å². The molecule has 0 fully saturated rings. The van der Waals surface area contributed by atoms with Crippen LogP contribution in [-0.4, -0.2) is 24.6 Å². The van der Waals surface area contributed by atoms with Crippen molar-refractivity contribution in [3.63, 3.8) is 0 Å². The van der Waals surface area contributed by atoms with E-state index in [9.17, 15) is 0 Å². The van der Waals surface area contributed by atoms with Gasteiger partial charge in [-0.15, -0.1) is 26.5 Å². The fraction of sp³-hybridized carbons (Fsp3) is 0.545. The molecule has 0 unspecified atom stereocenters. The van der Waals surface area contributed by atoms with Crippen LogP contribution in [0.2, 0.25) is 0 Å². The topological polar surface area (TPSA) is 0 Å². The van der Waals surface area contributed by atoms with Crippen LogP contribution in [0.4, 0.5) is 0 Å². The van der Waals surface area contributed by atoms with Crippen LogP contribution in [0.5, 0.6) is 0 Å². The monoisotopic (exact) mass is 464 g/mol. The Morgan fingerprint density at radius 2 is 1.20 bits per heavy atom. The van der Waals surface area contributed by atoms with Crippen molar-refractivity contribution in [3.8, 4) is 0 Å². The van der Waals surface area contributed by atoms with Gasteiger partial charge in [-0.25, -0.2) is 12.1 Å². The predicted molar refractivity (Wildman–Crippen MR) is 118 cm³/mol. The van der Waals surface area contributed by atoms with Crippen molar-refractivity contribution in [2.24, 2.45) is 0 Å². The summed E-state index contributed by atoms with van der Waals surface area (Å²) in [5.74, 6) is 0. The van der Waals surface area contributed by atoms with Crippen molar-refractivity contribution in [3.05, 3.63) is 48.5 Å². The van der Waals surface area contributed by atoms with Gasteiger partial charge in [0.1, 0.15) is 0 Å². The molecule has 3 heteroatoms. The Morgan fingerprint density at radius 1 is 0.760 bits per heavy atom. The predicted octanol–water partition coefficient (Wildman–Crippen LogP) is 6.66. The van der Waals surface area contributed by atoms with E-state index in [2.05, 4.69) is 45.9 Å².